The summed E-state index contributed by atoms with van der Waals surface area (Å²) in [4.78, 5) is 4.51. The van der Waals surface area contributed by atoms with Crippen LogP contribution in [-0.4, -0.2) is 21.8 Å². The number of benzene rings is 2. The van der Waals surface area contributed by atoms with Crippen molar-refractivity contribution in [2.75, 3.05) is 6.61 Å². The van der Waals surface area contributed by atoms with Crippen molar-refractivity contribution in [3.8, 4) is 39.5 Å². The van der Waals surface area contributed by atoms with Gasteiger partial charge in [0.25, 0.3) is 0 Å². The molecule has 0 N–H and O–H groups in total. The van der Waals surface area contributed by atoms with Crippen LogP contribution in [0.4, 0.5) is 4.39 Å². The van der Waals surface area contributed by atoms with E-state index < -0.39 is 0 Å². The number of nitrogens with zero attached hydrogens (tertiary/aromatic N) is 3. The Morgan fingerprint density at radius 1 is 0.821 bits per heavy atom. The molecule has 0 aliphatic rings. The van der Waals surface area contributed by atoms with Gasteiger partial charge in [-0.2, -0.15) is 0 Å². The summed E-state index contributed by atoms with van der Waals surface area (Å²) in [6.45, 7) is 2.34. The van der Waals surface area contributed by atoms with E-state index in [1.807, 2.05) is 61.5 Å². The molecule has 5 heteroatoms. The Kier molecular flexibility index (Phi) is 5.06. The highest BCUT2D eigenvalue weighted by Crippen LogP contribution is 2.42. The van der Waals surface area contributed by atoms with Crippen LogP contribution in [0.2, 0.25) is 0 Å². The molecule has 0 atom stereocenters. The Bertz CT molecular complexity index is 1090. The van der Waals surface area contributed by atoms with Crippen LogP contribution in [0.1, 0.15) is 6.92 Å². The summed E-state index contributed by atoms with van der Waals surface area (Å²) >= 11 is 0. The number of pyridine rings is 1. The molecule has 0 radical (unpaired) electrons. The minimum absolute atomic E-state index is 0.327. The number of rotatable bonds is 5. The van der Waals surface area contributed by atoms with Crippen LogP contribution in [-0.2, 0) is 0 Å². The molecule has 2 aromatic heterocycles. The molecule has 2 aromatic carbocycles. The third-order valence-corrected chi connectivity index (χ3v) is 4.30. The van der Waals surface area contributed by atoms with Crippen molar-refractivity contribution in [1.82, 2.24) is 15.2 Å². The van der Waals surface area contributed by atoms with Gasteiger partial charge in [-0.15, -0.1) is 10.2 Å². The first-order valence-electron chi connectivity index (χ1n) is 9.04. The standard InChI is InChI=1S/C23H18FN3O/c1-2-28-23-21(19-13-6-7-14-25-19)20(16-9-4-3-5-10-16)22(26-27-23)17-11-8-12-18(24)15-17/h3-15H,2H2,1H3. The lowest BCUT2D eigenvalue weighted by Crippen LogP contribution is -2.04. The van der Waals surface area contributed by atoms with E-state index >= 15 is 0 Å². The quantitative estimate of drug-likeness (QED) is 0.471. The summed E-state index contributed by atoms with van der Waals surface area (Å²) in [5.41, 5.74) is 4.42. The molecule has 138 valence electrons. The fourth-order valence-corrected chi connectivity index (χ4v) is 3.13. The lowest BCUT2D eigenvalue weighted by Gasteiger charge is -2.17. The minimum Gasteiger partial charge on any atom is -0.476 e. The first-order valence-corrected chi connectivity index (χ1v) is 9.04. The average molecular weight is 371 g/mol. The van der Waals surface area contributed by atoms with E-state index in [1.54, 1.807) is 12.3 Å². The molecule has 0 aliphatic heterocycles. The third-order valence-electron chi connectivity index (χ3n) is 4.30. The van der Waals surface area contributed by atoms with Crippen LogP contribution in [0.15, 0.2) is 79.0 Å². The third kappa shape index (κ3) is 3.47. The molecule has 0 bridgehead atoms. The van der Waals surface area contributed by atoms with Gasteiger partial charge in [-0.3, -0.25) is 4.98 Å². The van der Waals surface area contributed by atoms with Gasteiger partial charge in [-0.05, 0) is 36.8 Å². The molecule has 0 aliphatic carbocycles. The van der Waals surface area contributed by atoms with Crippen molar-refractivity contribution in [2.24, 2.45) is 0 Å². The zero-order valence-corrected chi connectivity index (χ0v) is 15.3. The first kappa shape index (κ1) is 17.8. The maximum absolute atomic E-state index is 13.9. The molecule has 2 heterocycles. The second-order valence-electron chi connectivity index (χ2n) is 6.13. The number of hydrogen-bond acceptors (Lipinski definition) is 4. The molecule has 0 saturated heterocycles. The van der Waals surface area contributed by atoms with E-state index in [0.29, 0.717) is 23.7 Å². The van der Waals surface area contributed by atoms with E-state index in [1.165, 1.54) is 12.1 Å². The lowest BCUT2D eigenvalue weighted by atomic mass is 9.93. The minimum atomic E-state index is -0.327. The highest BCUT2D eigenvalue weighted by Gasteiger charge is 2.22. The van der Waals surface area contributed by atoms with Crippen molar-refractivity contribution in [2.45, 2.75) is 6.92 Å². The summed E-state index contributed by atoms with van der Waals surface area (Å²) in [7, 11) is 0. The maximum Gasteiger partial charge on any atom is 0.243 e. The van der Waals surface area contributed by atoms with Crippen molar-refractivity contribution in [3.63, 3.8) is 0 Å². The summed E-state index contributed by atoms with van der Waals surface area (Å²) in [6, 6.07) is 21.9. The molecule has 4 aromatic rings. The number of halogens is 1. The van der Waals surface area contributed by atoms with Crippen LogP contribution in [0.25, 0.3) is 33.6 Å². The second-order valence-corrected chi connectivity index (χ2v) is 6.13. The molecule has 4 rings (SSSR count). The number of aromatic nitrogens is 3. The predicted octanol–water partition coefficient (Wildman–Crippen LogP) is 5.41. The van der Waals surface area contributed by atoms with Gasteiger partial charge in [0.15, 0.2) is 0 Å². The fraction of sp³-hybridized carbons (Fsp3) is 0.0870. The highest BCUT2D eigenvalue weighted by molar-refractivity contribution is 5.93. The normalized spacial score (nSPS) is 10.6. The van der Waals surface area contributed by atoms with E-state index in [9.17, 15) is 4.39 Å². The van der Waals surface area contributed by atoms with Crippen molar-refractivity contribution in [3.05, 3.63) is 84.8 Å². The Balaban J connectivity index is 2.08. The average Bonchev–Trinajstić information content (AvgIpc) is 2.75. The zero-order valence-electron chi connectivity index (χ0n) is 15.3. The number of ether oxygens (including phenoxy) is 1. The van der Waals surface area contributed by atoms with Gasteiger partial charge in [-0.1, -0.05) is 48.5 Å². The van der Waals surface area contributed by atoms with E-state index in [2.05, 4.69) is 15.2 Å². The van der Waals surface area contributed by atoms with Crippen LogP contribution >= 0.6 is 0 Å². The molecule has 28 heavy (non-hydrogen) atoms. The summed E-state index contributed by atoms with van der Waals surface area (Å²) in [6.07, 6.45) is 1.72. The van der Waals surface area contributed by atoms with Gasteiger partial charge in [0.2, 0.25) is 5.88 Å². The van der Waals surface area contributed by atoms with E-state index in [-0.39, 0.29) is 5.82 Å². The Hall–Kier alpha value is -3.60. The smallest absolute Gasteiger partial charge is 0.243 e. The lowest BCUT2D eigenvalue weighted by molar-refractivity contribution is 0.324. The topological polar surface area (TPSA) is 47.9 Å². The van der Waals surface area contributed by atoms with Gasteiger partial charge in [-0.25, -0.2) is 4.39 Å². The van der Waals surface area contributed by atoms with Crippen LogP contribution in [0.5, 0.6) is 5.88 Å². The number of hydrogen-bond donors (Lipinski definition) is 0. The Morgan fingerprint density at radius 2 is 1.61 bits per heavy atom. The van der Waals surface area contributed by atoms with Gasteiger partial charge >= 0.3 is 0 Å². The largest absolute Gasteiger partial charge is 0.476 e. The molecule has 0 unspecified atom stereocenters. The molecule has 4 nitrogen and oxygen atoms in total. The Morgan fingerprint density at radius 3 is 2.32 bits per heavy atom. The van der Waals surface area contributed by atoms with Gasteiger partial charge < -0.3 is 4.74 Å². The molecular weight excluding hydrogens is 353 g/mol. The van der Waals surface area contributed by atoms with Gasteiger partial charge in [0.1, 0.15) is 11.5 Å². The molecule has 0 spiro atoms. The highest BCUT2D eigenvalue weighted by atomic mass is 19.1. The van der Waals surface area contributed by atoms with Gasteiger partial charge in [0.05, 0.1) is 17.9 Å². The van der Waals surface area contributed by atoms with Crippen LogP contribution in [0.3, 0.4) is 0 Å². The van der Waals surface area contributed by atoms with E-state index in [4.69, 9.17) is 4.74 Å². The van der Waals surface area contributed by atoms with E-state index in [0.717, 1.165) is 22.4 Å². The monoisotopic (exact) mass is 371 g/mol. The molecule has 0 saturated carbocycles. The summed E-state index contributed by atoms with van der Waals surface area (Å²) in [5, 5.41) is 8.70. The van der Waals surface area contributed by atoms with Gasteiger partial charge in [0, 0.05) is 17.3 Å². The van der Waals surface area contributed by atoms with Crippen molar-refractivity contribution < 1.29 is 9.13 Å². The second kappa shape index (κ2) is 7.96. The molecular formula is C23H18FN3O. The van der Waals surface area contributed by atoms with Crippen LogP contribution in [0, 0.1) is 5.82 Å². The van der Waals surface area contributed by atoms with Crippen molar-refractivity contribution >= 4 is 0 Å². The first-order chi connectivity index (χ1) is 13.8. The fourth-order valence-electron chi connectivity index (χ4n) is 3.13. The predicted molar refractivity (Wildman–Crippen MR) is 107 cm³/mol. The summed E-state index contributed by atoms with van der Waals surface area (Å²) < 4.78 is 19.7. The Labute approximate surface area is 162 Å². The van der Waals surface area contributed by atoms with Crippen molar-refractivity contribution in [1.29, 1.82) is 0 Å². The SMILES string of the molecule is CCOc1nnc(-c2cccc(F)c2)c(-c2ccccc2)c1-c1ccccn1. The molecule has 0 fully saturated rings. The molecule has 0 amide bonds. The summed E-state index contributed by atoms with van der Waals surface area (Å²) in [5.74, 6) is 0.0757. The van der Waals surface area contributed by atoms with Crippen LogP contribution < -0.4 is 4.74 Å². The maximum atomic E-state index is 13.9. The zero-order chi connectivity index (χ0) is 19.3.